The van der Waals surface area contributed by atoms with Crippen LogP contribution in [0.4, 0.5) is 5.95 Å². The maximum Gasteiger partial charge on any atom is 0.243 e. The van der Waals surface area contributed by atoms with Gasteiger partial charge in [-0.3, -0.25) is 14.3 Å². The summed E-state index contributed by atoms with van der Waals surface area (Å²) in [4.78, 5) is 21.3. The van der Waals surface area contributed by atoms with Crippen LogP contribution in [0.2, 0.25) is 0 Å². The minimum absolute atomic E-state index is 0.161. The summed E-state index contributed by atoms with van der Waals surface area (Å²) in [6, 6.07) is 12.7. The van der Waals surface area contributed by atoms with Crippen LogP contribution in [0.25, 0.3) is 11.0 Å². The van der Waals surface area contributed by atoms with E-state index in [4.69, 9.17) is 0 Å². The number of aliphatic hydroxyl groups excluding tert-OH is 1. The Hall–Kier alpha value is -2.93. The Morgan fingerprint density at radius 2 is 2.12 bits per heavy atom. The van der Waals surface area contributed by atoms with Crippen LogP contribution in [0.1, 0.15) is 18.2 Å². The molecule has 7 nitrogen and oxygen atoms in total. The van der Waals surface area contributed by atoms with Crippen LogP contribution in [0.5, 0.6) is 0 Å². The van der Waals surface area contributed by atoms with E-state index in [0.29, 0.717) is 12.5 Å². The number of hydrogen-bond donors (Lipinski definition) is 3. The maximum absolute atomic E-state index is 12.7. The van der Waals surface area contributed by atoms with Gasteiger partial charge in [-0.1, -0.05) is 18.2 Å². The normalized spacial score (nSPS) is 19.5. The van der Waals surface area contributed by atoms with Gasteiger partial charge in [0.2, 0.25) is 11.9 Å². The molecule has 122 valence electrons. The van der Waals surface area contributed by atoms with Gasteiger partial charge in [-0.05, 0) is 24.3 Å². The third-order valence-electron chi connectivity index (χ3n) is 4.12. The fourth-order valence-corrected chi connectivity index (χ4v) is 3.01. The third-order valence-corrected chi connectivity index (χ3v) is 4.12. The highest BCUT2D eigenvalue weighted by Crippen LogP contribution is 2.31. The average molecular weight is 323 g/mol. The van der Waals surface area contributed by atoms with E-state index in [1.165, 1.54) is 0 Å². The number of aliphatic hydroxyl groups is 1. The van der Waals surface area contributed by atoms with E-state index in [9.17, 15) is 9.90 Å². The number of para-hydroxylation sites is 2. The number of benzene rings is 1. The summed E-state index contributed by atoms with van der Waals surface area (Å²) in [5, 5.41) is 15.8. The highest BCUT2D eigenvalue weighted by atomic mass is 16.3. The van der Waals surface area contributed by atoms with Crippen molar-refractivity contribution in [3.05, 3.63) is 54.4 Å². The zero-order valence-electron chi connectivity index (χ0n) is 12.9. The summed E-state index contributed by atoms with van der Waals surface area (Å²) in [5.41, 5.74) is 2.44. The molecule has 3 heterocycles. The first kappa shape index (κ1) is 14.6. The molecule has 0 saturated heterocycles. The van der Waals surface area contributed by atoms with E-state index in [0.717, 1.165) is 16.7 Å². The number of rotatable bonds is 3. The number of nitrogens with zero attached hydrogens (tertiary/aromatic N) is 3. The van der Waals surface area contributed by atoms with Crippen LogP contribution in [0.15, 0.2) is 48.7 Å². The smallest absolute Gasteiger partial charge is 0.243 e. The number of nitrogens with one attached hydrogen (secondary N) is 2. The molecule has 0 radical (unpaired) electrons. The molecule has 3 aromatic rings. The summed E-state index contributed by atoms with van der Waals surface area (Å²) in [7, 11) is 0. The molecule has 3 N–H and O–H groups in total. The number of carbonyl (C=O) groups is 1. The lowest BCUT2D eigenvalue weighted by molar-refractivity contribution is -0.125. The van der Waals surface area contributed by atoms with Crippen LogP contribution in [0, 0.1) is 0 Å². The van der Waals surface area contributed by atoms with Gasteiger partial charge >= 0.3 is 0 Å². The number of fused-ring (bicyclic) bond motifs is 3. The second-order valence-corrected chi connectivity index (χ2v) is 5.74. The van der Waals surface area contributed by atoms with Gasteiger partial charge in [-0.25, -0.2) is 4.98 Å². The molecule has 24 heavy (non-hydrogen) atoms. The lowest BCUT2D eigenvalue weighted by Crippen LogP contribution is -2.40. The van der Waals surface area contributed by atoms with Gasteiger partial charge in [-0.2, -0.15) is 0 Å². The van der Waals surface area contributed by atoms with E-state index in [2.05, 4.69) is 20.6 Å². The Kier molecular flexibility index (Phi) is 3.62. The first-order valence-electron chi connectivity index (χ1n) is 7.81. The monoisotopic (exact) mass is 323 g/mol. The fraction of sp³-hybridized carbons (Fsp3) is 0.235. The Balaban J connectivity index is 1.62. The first-order chi connectivity index (χ1) is 11.7. The first-order valence-corrected chi connectivity index (χ1v) is 7.81. The molecule has 1 aliphatic rings. The van der Waals surface area contributed by atoms with Crippen LogP contribution in [-0.2, 0) is 11.3 Å². The molecule has 2 aromatic heterocycles. The van der Waals surface area contributed by atoms with Gasteiger partial charge in [-0.15, -0.1) is 0 Å². The quantitative estimate of drug-likeness (QED) is 0.678. The van der Waals surface area contributed by atoms with Crippen molar-refractivity contribution >= 4 is 22.9 Å². The average Bonchev–Trinajstić information content (AvgIpc) is 2.98. The Morgan fingerprint density at radius 1 is 1.29 bits per heavy atom. The predicted molar refractivity (Wildman–Crippen MR) is 89.1 cm³/mol. The van der Waals surface area contributed by atoms with Gasteiger partial charge in [0, 0.05) is 12.6 Å². The minimum atomic E-state index is -0.806. The number of amides is 1. The number of carbonyl (C=O) groups excluding carboxylic acids is 1. The van der Waals surface area contributed by atoms with Crippen molar-refractivity contribution in [2.75, 3.05) is 5.32 Å². The standard InChI is InChI=1S/C17H17N5O2/c23-15-9-14(16(24)19-10-11-5-3-4-8-18-11)22-13-7-2-1-6-12(13)20-17(22)21-15/h1-8,14-15,23H,9-10H2,(H,19,24)(H,20,21)/t14-,15-/m1/s1. The van der Waals surface area contributed by atoms with Crippen LogP contribution < -0.4 is 10.6 Å². The maximum atomic E-state index is 12.7. The molecule has 2 atom stereocenters. The van der Waals surface area contributed by atoms with Crippen molar-refractivity contribution in [1.29, 1.82) is 0 Å². The third kappa shape index (κ3) is 2.59. The van der Waals surface area contributed by atoms with Gasteiger partial charge in [0.25, 0.3) is 0 Å². The topological polar surface area (TPSA) is 92.1 Å². The van der Waals surface area contributed by atoms with Crippen LogP contribution in [0.3, 0.4) is 0 Å². The van der Waals surface area contributed by atoms with E-state index < -0.39 is 12.3 Å². The summed E-state index contributed by atoms with van der Waals surface area (Å²) >= 11 is 0. The summed E-state index contributed by atoms with van der Waals surface area (Å²) in [6.45, 7) is 0.349. The lowest BCUT2D eigenvalue weighted by atomic mass is 10.1. The van der Waals surface area contributed by atoms with Crippen molar-refractivity contribution in [3.8, 4) is 0 Å². The Bertz CT molecular complexity index is 877. The second-order valence-electron chi connectivity index (χ2n) is 5.74. The number of anilines is 1. The Morgan fingerprint density at radius 3 is 2.96 bits per heavy atom. The molecular weight excluding hydrogens is 306 g/mol. The van der Waals surface area contributed by atoms with Crippen molar-refractivity contribution in [3.63, 3.8) is 0 Å². The van der Waals surface area contributed by atoms with E-state index in [1.807, 2.05) is 47.0 Å². The summed E-state index contributed by atoms with van der Waals surface area (Å²) < 4.78 is 1.84. The number of aromatic nitrogens is 3. The van der Waals surface area contributed by atoms with Crippen molar-refractivity contribution < 1.29 is 9.90 Å². The largest absolute Gasteiger partial charge is 0.374 e. The number of pyridine rings is 1. The molecule has 0 fully saturated rings. The number of hydrogen-bond acceptors (Lipinski definition) is 5. The molecule has 0 spiro atoms. The predicted octanol–water partition coefficient (Wildman–Crippen LogP) is 1.42. The zero-order valence-corrected chi connectivity index (χ0v) is 12.9. The fourth-order valence-electron chi connectivity index (χ4n) is 3.01. The van der Waals surface area contributed by atoms with Crippen molar-refractivity contribution in [1.82, 2.24) is 19.9 Å². The zero-order chi connectivity index (χ0) is 16.5. The van der Waals surface area contributed by atoms with Gasteiger partial charge < -0.3 is 15.7 Å². The van der Waals surface area contributed by atoms with Gasteiger partial charge in [0.05, 0.1) is 23.3 Å². The lowest BCUT2D eigenvalue weighted by Gasteiger charge is -2.29. The van der Waals surface area contributed by atoms with Crippen molar-refractivity contribution in [2.24, 2.45) is 0 Å². The molecule has 0 aliphatic carbocycles. The molecule has 4 rings (SSSR count). The van der Waals surface area contributed by atoms with Crippen LogP contribution >= 0.6 is 0 Å². The summed E-state index contributed by atoms with van der Waals surface area (Å²) in [5.74, 6) is 0.346. The number of imidazole rings is 1. The molecule has 0 saturated carbocycles. The highest BCUT2D eigenvalue weighted by Gasteiger charge is 2.32. The SMILES string of the molecule is O=C(NCc1ccccn1)[C@H]1C[C@@H](O)Nc2nc3ccccc3n21. The van der Waals surface area contributed by atoms with Gasteiger partial charge in [0.1, 0.15) is 12.3 Å². The van der Waals surface area contributed by atoms with E-state index >= 15 is 0 Å². The summed E-state index contributed by atoms with van der Waals surface area (Å²) in [6.07, 6.45) is 1.17. The Labute approximate surface area is 138 Å². The molecule has 1 amide bonds. The molecular formula is C17H17N5O2. The van der Waals surface area contributed by atoms with E-state index in [1.54, 1.807) is 6.20 Å². The molecule has 0 bridgehead atoms. The molecule has 1 aromatic carbocycles. The van der Waals surface area contributed by atoms with E-state index in [-0.39, 0.29) is 12.3 Å². The molecule has 0 unspecified atom stereocenters. The second kappa shape index (κ2) is 5.93. The molecule has 7 heteroatoms. The minimum Gasteiger partial charge on any atom is -0.374 e. The van der Waals surface area contributed by atoms with Crippen LogP contribution in [-0.4, -0.2) is 31.8 Å². The van der Waals surface area contributed by atoms with Gasteiger partial charge in [0.15, 0.2) is 0 Å². The van der Waals surface area contributed by atoms with Crippen molar-refractivity contribution in [2.45, 2.75) is 25.2 Å². The highest BCUT2D eigenvalue weighted by molar-refractivity contribution is 5.86. The molecule has 1 aliphatic heterocycles.